The minimum atomic E-state index is -1.62. The Bertz CT molecular complexity index is 2490. The van der Waals surface area contributed by atoms with Gasteiger partial charge in [-0.1, -0.05) is 48.3 Å². The zero-order valence-electron chi connectivity index (χ0n) is 37.3. The molecular weight excluding hydrogens is 864 g/mol. The van der Waals surface area contributed by atoms with Crippen molar-refractivity contribution >= 4 is 29.1 Å². The monoisotopic (exact) mass is 918 g/mol. The number of allylic oxidation sites excluding steroid dienone is 1. The number of benzene rings is 4. The van der Waals surface area contributed by atoms with Crippen LogP contribution in [0.5, 0.6) is 17.2 Å². The highest BCUT2D eigenvalue weighted by Crippen LogP contribution is 2.62. The van der Waals surface area contributed by atoms with Gasteiger partial charge >= 0.3 is 0 Å². The SMILES string of the molecule is C=CCOC12Oc3ccc(Oc4cccc([N+](=O)[O-])c4)cc3C3C(CCCCO)C(CCCCO)C=C(C(=NOCC)CC1N(Cc1ccc(F)cc1)C(=O)C=Cc1ccc([N+](=O)[O-])cc1)C32. The summed E-state index contributed by atoms with van der Waals surface area (Å²) >= 11 is 0. The number of aliphatic hydroxyl groups is 2. The third kappa shape index (κ3) is 10.9. The molecule has 2 N–H and O–H groups in total. The molecule has 6 atom stereocenters. The van der Waals surface area contributed by atoms with Crippen molar-refractivity contribution in [2.75, 3.05) is 26.4 Å². The second-order valence-corrected chi connectivity index (χ2v) is 16.8. The number of nitro groups is 2. The predicted octanol–water partition coefficient (Wildman–Crippen LogP) is 9.83. The summed E-state index contributed by atoms with van der Waals surface area (Å²) in [6.45, 7) is 6.11. The number of nitrogens with zero attached hydrogens (tertiary/aromatic N) is 4. The Kier molecular flexibility index (Phi) is 15.9. The maximum atomic E-state index is 15.0. The molecule has 1 heterocycles. The van der Waals surface area contributed by atoms with E-state index in [2.05, 4.69) is 12.7 Å². The molecule has 1 saturated carbocycles. The standard InChI is InChI=1S/C51H55FN4O11/c1-3-28-64-51-47(54(33-35-14-19-37(52)20-15-35)48(59)25-18-34-16-21-38(22-17-34)55(60)61)32-45(53-65-4-2)43-29-36(10-5-7-26-57)42(13-6-8-27-58)49(50(43)51)44-31-41(23-24-46(44)67-51)66-40-12-9-11-39(30-40)56(62)63/h3,9,11-12,14-25,29-31,36,42,47,49-50,57-58H,1,4-8,10,13,26-28,32-33H2,2H3. The Labute approximate surface area is 388 Å². The Morgan fingerprint density at radius 2 is 1.66 bits per heavy atom. The van der Waals surface area contributed by atoms with Gasteiger partial charge in [-0.05, 0) is 116 Å². The number of hydrogen-bond donors (Lipinski definition) is 2. The lowest BCUT2D eigenvalue weighted by Crippen LogP contribution is -2.70. The summed E-state index contributed by atoms with van der Waals surface area (Å²) < 4.78 is 35.1. The topological polar surface area (TPSA) is 196 Å². The number of amides is 1. The van der Waals surface area contributed by atoms with Gasteiger partial charge in [0.05, 0.1) is 34.1 Å². The number of oxime groups is 1. The smallest absolute Gasteiger partial charge is 0.273 e. The van der Waals surface area contributed by atoms with E-state index in [9.17, 15) is 34.8 Å². The summed E-state index contributed by atoms with van der Waals surface area (Å²) in [6.07, 6.45) is 10.9. The second-order valence-electron chi connectivity index (χ2n) is 16.8. The number of fused-ring (bicyclic) bond motifs is 2. The van der Waals surface area contributed by atoms with Gasteiger partial charge in [-0.15, -0.1) is 6.58 Å². The molecule has 352 valence electrons. The van der Waals surface area contributed by atoms with Crippen molar-refractivity contribution in [1.82, 2.24) is 4.90 Å². The lowest BCUT2D eigenvalue weighted by Gasteiger charge is -2.60. The fourth-order valence-electron chi connectivity index (χ4n) is 9.75. The molecule has 67 heavy (non-hydrogen) atoms. The number of unbranched alkanes of at least 4 members (excludes halogenated alkanes) is 2. The third-order valence-corrected chi connectivity index (χ3v) is 12.7. The molecule has 1 amide bonds. The van der Waals surface area contributed by atoms with Gasteiger partial charge in [0.25, 0.3) is 11.4 Å². The van der Waals surface area contributed by atoms with Crippen LogP contribution in [0.4, 0.5) is 15.8 Å². The van der Waals surface area contributed by atoms with E-state index < -0.39 is 45.2 Å². The van der Waals surface area contributed by atoms with E-state index in [-0.39, 0.29) is 68.4 Å². The molecule has 1 aliphatic heterocycles. The molecule has 0 spiro atoms. The lowest BCUT2D eigenvalue weighted by molar-refractivity contribution is -0.385. The number of halogens is 1. The molecular formula is C51H55FN4O11. The Hall–Kier alpha value is -6.75. The molecule has 0 radical (unpaired) electrons. The average Bonchev–Trinajstić information content (AvgIpc) is 3.33. The fraction of sp³-hybridized carbons (Fsp3) is 0.373. The number of carbonyl (C=O) groups is 1. The number of aliphatic hydroxyl groups excluding tert-OH is 2. The maximum Gasteiger partial charge on any atom is 0.273 e. The number of rotatable bonds is 22. The largest absolute Gasteiger partial charge is 0.459 e. The highest BCUT2D eigenvalue weighted by molar-refractivity contribution is 6.03. The molecule has 6 unspecified atom stereocenters. The van der Waals surface area contributed by atoms with Crippen molar-refractivity contribution in [3.63, 3.8) is 0 Å². The van der Waals surface area contributed by atoms with Crippen LogP contribution in [0.15, 0.2) is 127 Å². The van der Waals surface area contributed by atoms with Crippen molar-refractivity contribution in [1.29, 1.82) is 0 Å². The molecule has 0 aromatic heterocycles. The summed E-state index contributed by atoms with van der Waals surface area (Å²) in [5, 5.41) is 47.7. The van der Waals surface area contributed by atoms with E-state index in [0.717, 1.165) is 24.0 Å². The summed E-state index contributed by atoms with van der Waals surface area (Å²) in [6, 6.07) is 22.0. The first-order valence-electron chi connectivity index (χ1n) is 22.6. The summed E-state index contributed by atoms with van der Waals surface area (Å²) in [4.78, 5) is 44.6. The molecule has 2 aliphatic carbocycles. The minimum absolute atomic E-state index is 0.00541. The van der Waals surface area contributed by atoms with Crippen molar-refractivity contribution in [3.8, 4) is 17.2 Å². The first kappa shape index (κ1) is 48.2. The quantitative estimate of drug-likeness (QED) is 0.0250. The van der Waals surface area contributed by atoms with E-state index in [0.29, 0.717) is 54.0 Å². The van der Waals surface area contributed by atoms with E-state index in [1.807, 2.05) is 13.0 Å². The van der Waals surface area contributed by atoms with Gasteiger partial charge in [0.1, 0.15) is 35.7 Å². The van der Waals surface area contributed by atoms with Gasteiger partial charge in [-0.2, -0.15) is 0 Å². The van der Waals surface area contributed by atoms with Crippen LogP contribution < -0.4 is 9.47 Å². The van der Waals surface area contributed by atoms with E-state index in [4.69, 9.17) is 24.2 Å². The number of hydrogen-bond acceptors (Lipinski definition) is 12. The fourth-order valence-corrected chi connectivity index (χ4v) is 9.75. The normalized spacial score (nSPS) is 22.2. The number of ether oxygens (including phenoxy) is 3. The van der Waals surface area contributed by atoms with Crippen LogP contribution in [-0.4, -0.2) is 74.8 Å². The average molecular weight is 919 g/mol. The molecule has 15 nitrogen and oxygen atoms in total. The van der Waals surface area contributed by atoms with E-state index in [1.165, 1.54) is 42.5 Å². The van der Waals surface area contributed by atoms with Gasteiger partial charge in [-0.3, -0.25) is 25.0 Å². The third-order valence-electron chi connectivity index (χ3n) is 12.7. The summed E-state index contributed by atoms with van der Waals surface area (Å²) in [7, 11) is 0. The highest BCUT2D eigenvalue weighted by Gasteiger charge is 2.65. The van der Waals surface area contributed by atoms with Gasteiger partial charge in [0.15, 0.2) is 0 Å². The van der Waals surface area contributed by atoms with Gasteiger partial charge in [0.2, 0.25) is 11.7 Å². The van der Waals surface area contributed by atoms with Crippen molar-refractivity contribution in [2.24, 2.45) is 22.9 Å². The lowest BCUT2D eigenvalue weighted by atomic mass is 9.55. The summed E-state index contributed by atoms with van der Waals surface area (Å²) in [5.41, 5.74) is 3.11. The van der Waals surface area contributed by atoms with Crippen LogP contribution in [0.2, 0.25) is 0 Å². The van der Waals surface area contributed by atoms with Gasteiger partial charge < -0.3 is 34.2 Å². The number of nitro benzene ring substituents is 2. The Balaban J connectivity index is 1.44. The number of non-ortho nitro benzene ring substituents is 2. The zero-order valence-corrected chi connectivity index (χ0v) is 37.3. The van der Waals surface area contributed by atoms with Crippen LogP contribution in [0.1, 0.15) is 74.5 Å². The van der Waals surface area contributed by atoms with Crippen LogP contribution in [0.3, 0.4) is 0 Å². The molecule has 4 aromatic rings. The molecule has 1 fully saturated rings. The van der Waals surface area contributed by atoms with E-state index in [1.54, 1.807) is 65.6 Å². The highest BCUT2D eigenvalue weighted by atomic mass is 19.1. The Morgan fingerprint density at radius 1 is 0.940 bits per heavy atom. The minimum Gasteiger partial charge on any atom is -0.459 e. The van der Waals surface area contributed by atoms with Crippen molar-refractivity contribution < 1.29 is 48.3 Å². The molecule has 16 heteroatoms. The van der Waals surface area contributed by atoms with Crippen molar-refractivity contribution in [3.05, 3.63) is 164 Å². The van der Waals surface area contributed by atoms with Crippen LogP contribution in [-0.2, 0) is 20.9 Å². The molecule has 0 saturated heterocycles. The van der Waals surface area contributed by atoms with E-state index >= 15 is 4.79 Å². The Morgan fingerprint density at radius 3 is 2.34 bits per heavy atom. The van der Waals surface area contributed by atoms with Crippen LogP contribution >= 0.6 is 0 Å². The molecule has 0 bridgehead atoms. The first-order valence-corrected chi connectivity index (χ1v) is 22.6. The van der Waals surface area contributed by atoms with Gasteiger partial charge in [0, 0.05) is 61.9 Å². The molecule has 7 rings (SSSR count). The zero-order chi connectivity index (χ0) is 47.5. The van der Waals surface area contributed by atoms with Crippen LogP contribution in [0, 0.1) is 43.8 Å². The van der Waals surface area contributed by atoms with Gasteiger partial charge in [-0.25, -0.2) is 4.39 Å². The first-order chi connectivity index (χ1) is 32.5. The summed E-state index contributed by atoms with van der Waals surface area (Å²) in [5.74, 6) is -2.58. The van der Waals surface area contributed by atoms with Crippen molar-refractivity contribution in [2.45, 2.75) is 76.2 Å². The predicted molar refractivity (Wildman–Crippen MR) is 249 cm³/mol. The maximum absolute atomic E-state index is 15.0. The molecule has 4 aromatic carbocycles. The number of carbonyl (C=O) groups excluding carboxylic acids is 1. The molecule has 3 aliphatic rings. The second kappa shape index (κ2) is 22.2. The van der Waals surface area contributed by atoms with Crippen LogP contribution in [0.25, 0.3) is 6.08 Å².